The fraction of sp³-hybridized carbons (Fsp3) is 0.111. The van der Waals surface area contributed by atoms with Gasteiger partial charge in [0.15, 0.2) is 0 Å². The van der Waals surface area contributed by atoms with Crippen LogP contribution in [0.1, 0.15) is 31.1 Å². The molecule has 0 unspecified atom stereocenters. The molecular weight excluding hydrogens is 372 g/mol. The zero-order valence-electron chi connectivity index (χ0n) is 14.4. The lowest BCUT2D eigenvalue weighted by molar-refractivity contribution is -0.385. The molecule has 0 radical (unpaired) electrons. The van der Waals surface area contributed by atoms with Crippen molar-refractivity contribution in [2.75, 3.05) is 13.7 Å². The Hall–Kier alpha value is -4.08. The van der Waals surface area contributed by atoms with Crippen LogP contribution in [-0.4, -0.2) is 47.2 Å². The SMILES string of the molecule is COC(=O)c1cccc(OC(=O)CN2C(=O)c3cccc([N+](=O)[O-])c3C2=O)c1. The maximum absolute atomic E-state index is 12.4. The van der Waals surface area contributed by atoms with Crippen LogP contribution in [-0.2, 0) is 9.53 Å². The zero-order valence-corrected chi connectivity index (χ0v) is 14.4. The van der Waals surface area contributed by atoms with Gasteiger partial charge in [0.05, 0.1) is 23.2 Å². The summed E-state index contributed by atoms with van der Waals surface area (Å²) in [4.78, 5) is 59.4. The number of nitrogens with zero attached hydrogens (tertiary/aromatic N) is 2. The highest BCUT2D eigenvalue weighted by atomic mass is 16.6. The van der Waals surface area contributed by atoms with Gasteiger partial charge in [-0.2, -0.15) is 0 Å². The van der Waals surface area contributed by atoms with Crippen LogP contribution in [0.5, 0.6) is 5.75 Å². The molecule has 2 amide bonds. The van der Waals surface area contributed by atoms with Crippen molar-refractivity contribution in [2.24, 2.45) is 0 Å². The standard InChI is InChI=1S/C18H12N2O8/c1-27-18(24)10-4-2-5-11(8-10)28-14(21)9-19-16(22)12-6-3-7-13(20(25)26)15(12)17(19)23/h2-8H,9H2,1H3. The monoisotopic (exact) mass is 384 g/mol. The van der Waals surface area contributed by atoms with E-state index in [0.717, 1.165) is 6.07 Å². The van der Waals surface area contributed by atoms with Gasteiger partial charge < -0.3 is 9.47 Å². The maximum atomic E-state index is 12.4. The molecule has 0 fully saturated rings. The normalized spacial score (nSPS) is 12.5. The number of amides is 2. The second kappa shape index (κ2) is 7.27. The summed E-state index contributed by atoms with van der Waals surface area (Å²) in [6.07, 6.45) is 0. The summed E-state index contributed by atoms with van der Waals surface area (Å²) in [6.45, 7) is -0.744. The number of nitro groups is 1. The highest BCUT2D eigenvalue weighted by Crippen LogP contribution is 2.30. The number of imide groups is 1. The number of fused-ring (bicyclic) bond motifs is 1. The fourth-order valence-electron chi connectivity index (χ4n) is 2.71. The topological polar surface area (TPSA) is 133 Å². The molecule has 10 nitrogen and oxygen atoms in total. The number of esters is 2. The highest BCUT2D eigenvalue weighted by molar-refractivity contribution is 6.24. The van der Waals surface area contributed by atoms with E-state index in [0.29, 0.717) is 4.90 Å². The summed E-state index contributed by atoms with van der Waals surface area (Å²) in [5, 5.41) is 11.1. The molecule has 0 atom stereocenters. The van der Waals surface area contributed by atoms with Crippen molar-refractivity contribution in [3.8, 4) is 5.75 Å². The van der Waals surface area contributed by atoms with E-state index in [1.165, 1.54) is 43.5 Å². The Bertz CT molecular complexity index is 1030. The van der Waals surface area contributed by atoms with Gasteiger partial charge in [-0.15, -0.1) is 0 Å². The van der Waals surface area contributed by atoms with Crippen LogP contribution in [0.4, 0.5) is 5.69 Å². The number of carbonyl (C=O) groups is 4. The average Bonchev–Trinajstić information content (AvgIpc) is 2.92. The smallest absolute Gasteiger partial charge is 0.337 e. The van der Waals surface area contributed by atoms with E-state index >= 15 is 0 Å². The van der Waals surface area contributed by atoms with Crippen molar-refractivity contribution >= 4 is 29.4 Å². The van der Waals surface area contributed by atoms with E-state index < -0.39 is 40.9 Å². The molecule has 0 aliphatic carbocycles. The minimum absolute atomic E-state index is 0.00971. The molecule has 0 bridgehead atoms. The van der Waals surface area contributed by atoms with Gasteiger partial charge >= 0.3 is 11.9 Å². The van der Waals surface area contributed by atoms with E-state index in [-0.39, 0.29) is 22.4 Å². The van der Waals surface area contributed by atoms with Crippen molar-refractivity contribution in [1.82, 2.24) is 4.90 Å². The Morgan fingerprint density at radius 3 is 2.50 bits per heavy atom. The third kappa shape index (κ3) is 3.30. The molecule has 0 aromatic heterocycles. The third-order valence-electron chi connectivity index (χ3n) is 3.95. The second-order valence-corrected chi connectivity index (χ2v) is 5.65. The van der Waals surface area contributed by atoms with Crippen molar-refractivity contribution in [3.63, 3.8) is 0 Å². The van der Waals surface area contributed by atoms with E-state index in [1.807, 2.05) is 0 Å². The number of benzene rings is 2. The quantitative estimate of drug-likeness (QED) is 0.249. The van der Waals surface area contributed by atoms with Gasteiger partial charge in [0, 0.05) is 6.07 Å². The van der Waals surface area contributed by atoms with Crippen LogP contribution in [0.15, 0.2) is 42.5 Å². The molecule has 10 heteroatoms. The first-order valence-corrected chi connectivity index (χ1v) is 7.86. The highest BCUT2D eigenvalue weighted by Gasteiger charge is 2.42. The van der Waals surface area contributed by atoms with Gasteiger partial charge in [0.1, 0.15) is 17.9 Å². The number of rotatable bonds is 5. The fourth-order valence-corrected chi connectivity index (χ4v) is 2.71. The predicted molar refractivity (Wildman–Crippen MR) is 91.9 cm³/mol. The van der Waals surface area contributed by atoms with Crippen LogP contribution >= 0.6 is 0 Å². The Kier molecular flexibility index (Phi) is 4.86. The van der Waals surface area contributed by atoms with E-state index in [4.69, 9.17) is 4.74 Å². The molecule has 1 aliphatic rings. The van der Waals surface area contributed by atoms with Crippen LogP contribution in [0.3, 0.4) is 0 Å². The van der Waals surface area contributed by atoms with E-state index in [1.54, 1.807) is 0 Å². The number of nitro benzene ring substituents is 1. The molecule has 0 N–H and O–H groups in total. The van der Waals surface area contributed by atoms with Gasteiger partial charge in [-0.05, 0) is 24.3 Å². The summed E-state index contributed by atoms with van der Waals surface area (Å²) in [5.74, 6) is -3.36. The summed E-state index contributed by atoms with van der Waals surface area (Å²) < 4.78 is 9.62. The molecule has 0 spiro atoms. The number of hydrogen-bond donors (Lipinski definition) is 0. The minimum Gasteiger partial charge on any atom is -0.465 e. The van der Waals surface area contributed by atoms with Crippen LogP contribution in [0.2, 0.25) is 0 Å². The van der Waals surface area contributed by atoms with Crippen molar-refractivity contribution in [2.45, 2.75) is 0 Å². The molecule has 142 valence electrons. The molecule has 28 heavy (non-hydrogen) atoms. The predicted octanol–water partition coefficient (Wildman–Crippen LogP) is 1.58. The molecule has 1 aliphatic heterocycles. The van der Waals surface area contributed by atoms with Crippen LogP contribution < -0.4 is 4.74 Å². The lowest BCUT2D eigenvalue weighted by atomic mass is 10.1. The molecule has 2 aromatic rings. The second-order valence-electron chi connectivity index (χ2n) is 5.65. The average molecular weight is 384 g/mol. The van der Waals surface area contributed by atoms with E-state index in [2.05, 4.69) is 4.74 Å². The van der Waals surface area contributed by atoms with Gasteiger partial charge in [-0.25, -0.2) is 9.59 Å². The zero-order chi connectivity index (χ0) is 20.4. The lowest BCUT2D eigenvalue weighted by Gasteiger charge is -2.13. The molecule has 3 rings (SSSR count). The third-order valence-corrected chi connectivity index (χ3v) is 3.95. The first-order valence-electron chi connectivity index (χ1n) is 7.86. The number of methoxy groups -OCH3 is 1. The van der Waals surface area contributed by atoms with E-state index in [9.17, 15) is 29.3 Å². The van der Waals surface area contributed by atoms with Crippen molar-refractivity contribution < 1.29 is 33.6 Å². The summed E-state index contributed by atoms with van der Waals surface area (Å²) >= 11 is 0. The summed E-state index contributed by atoms with van der Waals surface area (Å²) in [5.41, 5.74) is -0.890. The summed E-state index contributed by atoms with van der Waals surface area (Å²) in [6, 6.07) is 9.22. The Morgan fingerprint density at radius 2 is 1.82 bits per heavy atom. The largest absolute Gasteiger partial charge is 0.465 e. The van der Waals surface area contributed by atoms with Gasteiger partial charge in [0.2, 0.25) is 0 Å². The van der Waals surface area contributed by atoms with Crippen LogP contribution in [0.25, 0.3) is 0 Å². The first-order chi connectivity index (χ1) is 13.3. The van der Waals surface area contributed by atoms with Crippen molar-refractivity contribution in [1.29, 1.82) is 0 Å². The Morgan fingerprint density at radius 1 is 1.11 bits per heavy atom. The Labute approximate surface area is 157 Å². The van der Waals surface area contributed by atoms with Gasteiger partial charge in [0.25, 0.3) is 17.5 Å². The maximum Gasteiger partial charge on any atom is 0.337 e. The lowest BCUT2D eigenvalue weighted by Crippen LogP contribution is -2.36. The molecule has 0 saturated heterocycles. The molecular formula is C18H12N2O8. The number of carbonyl (C=O) groups excluding carboxylic acids is 4. The molecule has 0 saturated carbocycles. The number of ether oxygens (including phenoxy) is 2. The summed E-state index contributed by atoms with van der Waals surface area (Å²) in [7, 11) is 1.20. The first kappa shape index (κ1) is 18.7. The van der Waals surface area contributed by atoms with Gasteiger partial charge in [-0.1, -0.05) is 12.1 Å². The minimum atomic E-state index is -0.959. The Balaban J connectivity index is 1.78. The van der Waals surface area contributed by atoms with Crippen molar-refractivity contribution in [3.05, 3.63) is 69.3 Å². The molecule has 1 heterocycles. The number of hydrogen-bond acceptors (Lipinski definition) is 8. The molecule has 2 aromatic carbocycles. The van der Waals surface area contributed by atoms with Gasteiger partial charge in [-0.3, -0.25) is 24.6 Å². The van der Waals surface area contributed by atoms with Crippen LogP contribution in [0, 0.1) is 10.1 Å².